The SMILES string of the molecule is C=C(C(CC)OC(C)=O)C(CC)OC(C)=O. The zero-order valence-electron chi connectivity index (χ0n) is 10.4. The normalized spacial score (nSPS) is 13.8. The van der Waals surface area contributed by atoms with Gasteiger partial charge in [0.2, 0.25) is 0 Å². The van der Waals surface area contributed by atoms with Crippen molar-refractivity contribution in [2.75, 3.05) is 0 Å². The van der Waals surface area contributed by atoms with Crippen molar-refractivity contribution in [1.29, 1.82) is 0 Å². The predicted molar refractivity (Wildman–Crippen MR) is 60.8 cm³/mol. The van der Waals surface area contributed by atoms with Crippen molar-refractivity contribution >= 4 is 11.9 Å². The Hall–Kier alpha value is -1.32. The van der Waals surface area contributed by atoms with Crippen LogP contribution < -0.4 is 0 Å². The second-order valence-electron chi connectivity index (χ2n) is 3.59. The van der Waals surface area contributed by atoms with Crippen molar-refractivity contribution in [3.63, 3.8) is 0 Å². The van der Waals surface area contributed by atoms with Gasteiger partial charge < -0.3 is 9.47 Å². The Morgan fingerprint density at radius 2 is 1.31 bits per heavy atom. The molecule has 0 aromatic rings. The van der Waals surface area contributed by atoms with E-state index in [1.54, 1.807) is 0 Å². The maximum Gasteiger partial charge on any atom is 0.303 e. The second-order valence-corrected chi connectivity index (χ2v) is 3.59. The average Bonchev–Trinajstić information content (AvgIpc) is 2.20. The molecule has 0 N–H and O–H groups in total. The zero-order chi connectivity index (χ0) is 12.7. The molecule has 0 saturated heterocycles. The molecular weight excluding hydrogens is 208 g/mol. The van der Waals surface area contributed by atoms with Crippen LogP contribution in [0, 0.1) is 0 Å². The lowest BCUT2D eigenvalue weighted by atomic mass is 10.0. The molecule has 0 bridgehead atoms. The Balaban J connectivity index is 4.56. The van der Waals surface area contributed by atoms with Gasteiger partial charge in [-0.25, -0.2) is 0 Å². The third kappa shape index (κ3) is 4.96. The van der Waals surface area contributed by atoms with Gasteiger partial charge in [0.1, 0.15) is 12.2 Å². The summed E-state index contributed by atoms with van der Waals surface area (Å²) in [5.74, 6) is -0.712. The summed E-state index contributed by atoms with van der Waals surface area (Å²) in [5, 5.41) is 0. The summed E-state index contributed by atoms with van der Waals surface area (Å²) in [6, 6.07) is 0. The van der Waals surface area contributed by atoms with Crippen LogP contribution in [0.5, 0.6) is 0 Å². The van der Waals surface area contributed by atoms with E-state index in [0.717, 1.165) is 0 Å². The molecule has 0 aliphatic carbocycles. The number of ether oxygens (including phenoxy) is 2. The van der Waals surface area contributed by atoms with E-state index in [4.69, 9.17) is 9.47 Å². The van der Waals surface area contributed by atoms with Crippen molar-refractivity contribution in [3.8, 4) is 0 Å². The first kappa shape index (κ1) is 14.7. The molecule has 0 fully saturated rings. The van der Waals surface area contributed by atoms with E-state index in [9.17, 15) is 9.59 Å². The van der Waals surface area contributed by atoms with Gasteiger partial charge >= 0.3 is 11.9 Å². The van der Waals surface area contributed by atoms with E-state index in [-0.39, 0.29) is 24.1 Å². The first-order chi connectivity index (χ1) is 7.42. The van der Waals surface area contributed by atoms with E-state index in [2.05, 4.69) is 6.58 Å². The third-order valence-electron chi connectivity index (χ3n) is 2.19. The molecule has 0 aliphatic rings. The Kier molecular flexibility index (Phi) is 6.46. The lowest BCUT2D eigenvalue weighted by Crippen LogP contribution is -2.28. The molecule has 0 aliphatic heterocycles. The third-order valence-corrected chi connectivity index (χ3v) is 2.19. The minimum absolute atomic E-state index is 0.356. The highest BCUT2D eigenvalue weighted by Gasteiger charge is 2.23. The van der Waals surface area contributed by atoms with Gasteiger partial charge in [-0.1, -0.05) is 20.4 Å². The van der Waals surface area contributed by atoms with Crippen LogP contribution in [0.1, 0.15) is 40.5 Å². The highest BCUT2D eigenvalue weighted by atomic mass is 16.6. The summed E-state index contributed by atoms with van der Waals surface area (Å²) in [4.78, 5) is 21.8. The van der Waals surface area contributed by atoms with Crippen molar-refractivity contribution in [1.82, 2.24) is 0 Å². The summed E-state index contributed by atoms with van der Waals surface area (Å²) in [6.45, 7) is 10.3. The van der Waals surface area contributed by atoms with Crippen LogP contribution in [-0.2, 0) is 19.1 Å². The largest absolute Gasteiger partial charge is 0.458 e. The van der Waals surface area contributed by atoms with Crippen LogP contribution in [-0.4, -0.2) is 24.1 Å². The molecule has 0 spiro atoms. The van der Waals surface area contributed by atoms with Gasteiger partial charge in [0, 0.05) is 19.4 Å². The number of carbonyl (C=O) groups is 2. The molecule has 2 unspecified atom stereocenters. The minimum Gasteiger partial charge on any atom is -0.458 e. The van der Waals surface area contributed by atoms with Crippen LogP contribution in [0.25, 0.3) is 0 Å². The van der Waals surface area contributed by atoms with E-state index in [1.807, 2.05) is 13.8 Å². The summed E-state index contributed by atoms with van der Waals surface area (Å²) in [6.07, 6.45) is 0.468. The molecule has 16 heavy (non-hydrogen) atoms. The molecule has 0 rings (SSSR count). The quantitative estimate of drug-likeness (QED) is 0.516. The fourth-order valence-corrected chi connectivity index (χ4v) is 1.45. The summed E-state index contributed by atoms with van der Waals surface area (Å²) in [7, 11) is 0. The maximum absolute atomic E-state index is 10.9. The lowest BCUT2D eigenvalue weighted by molar-refractivity contribution is -0.148. The molecule has 2 atom stereocenters. The van der Waals surface area contributed by atoms with Crippen molar-refractivity contribution in [2.24, 2.45) is 0 Å². The Labute approximate surface area is 96.6 Å². The molecule has 0 saturated carbocycles. The monoisotopic (exact) mass is 228 g/mol. The van der Waals surface area contributed by atoms with Crippen LogP contribution in [0.2, 0.25) is 0 Å². The molecule has 0 aromatic heterocycles. The fraction of sp³-hybridized carbons (Fsp3) is 0.667. The van der Waals surface area contributed by atoms with Gasteiger partial charge in [-0.2, -0.15) is 0 Å². The summed E-state index contributed by atoms with van der Waals surface area (Å²) < 4.78 is 10.2. The maximum atomic E-state index is 10.9. The second kappa shape index (κ2) is 7.04. The van der Waals surface area contributed by atoms with E-state index in [1.165, 1.54) is 13.8 Å². The van der Waals surface area contributed by atoms with Gasteiger partial charge in [-0.15, -0.1) is 0 Å². The molecule has 0 aromatic carbocycles. The van der Waals surface area contributed by atoms with Crippen LogP contribution in [0.4, 0.5) is 0 Å². The Morgan fingerprint density at radius 1 is 1.00 bits per heavy atom. The van der Waals surface area contributed by atoms with E-state index in [0.29, 0.717) is 18.4 Å². The Bertz CT molecular complexity index is 244. The zero-order valence-corrected chi connectivity index (χ0v) is 10.4. The number of carbonyl (C=O) groups excluding carboxylic acids is 2. The van der Waals surface area contributed by atoms with Gasteiger partial charge in [0.25, 0.3) is 0 Å². The molecule has 4 nitrogen and oxygen atoms in total. The predicted octanol–water partition coefficient (Wildman–Crippen LogP) is 2.23. The highest BCUT2D eigenvalue weighted by Crippen LogP contribution is 2.18. The fourth-order valence-electron chi connectivity index (χ4n) is 1.45. The summed E-state index contributed by atoms with van der Waals surface area (Å²) >= 11 is 0. The topological polar surface area (TPSA) is 52.6 Å². The molecule has 92 valence electrons. The van der Waals surface area contributed by atoms with Crippen molar-refractivity contribution in [2.45, 2.75) is 52.7 Å². The molecule has 0 amide bonds. The summed E-state index contributed by atoms with van der Waals surface area (Å²) in [5.41, 5.74) is 0.635. The van der Waals surface area contributed by atoms with Crippen molar-refractivity contribution < 1.29 is 19.1 Å². The van der Waals surface area contributed by atoms with Crippen LogP contribution in [0.3, 0.4) is 0 Å². The first-order valence-corrected chi connectivity index (χ1v) is 5.45. The Morgan fingerprint density at radius 3 is 1.50 bits per heavy atom. The number of hydrogen-bond donors (Lipinski definition) is 0. The average molecular weight is 228 g/mol. The number of hydrogen-bond acceptors (Lipinski definition) is 4. The molecule has 4 heteroatoms. The van der Waals surface area contributed by atoms with Gasteiger partial charge in [-0.3, -0.25) is 9.59 Å². The first-order valence-electron chi connectivity index (χ1n) is 5.45. The lowest BCUT2D eigenvalue weighted by Gasteiger charge is -2.24. The van der Waals surface area contributed by atoms with Gasteiger partial charge in [0.05, 0.1) is 0 Å². The molecule has 0 radical (unpaired) electrons. The van der Waals surface area contributed by atoms with E-state index < -0.39 is 0 Å². The van der Waals surface area contributed by atoms with Crippen LogP contribution >= 0.6 is 0 Å². The smallest absolute Gasteiger partial charge is 0.303 e. The number of rotatable bonds is 6. The van der Waals surface area contributed by atoms with Crippen LogP contribution in [0.15, 0.2) is 12.2 Å². The molecular formula is C12H20O4. The standard InChI is InChI=1S/C12H20O4/c1-6-11(15-9(4)13)8(3)12(7-2)16-10(5)14/h11-12H,3,6-7H2,1-2,4-5H3. The number of esters is 2. The van der Waals surface area contributed by atoms with Gasteiger partial charge in [0.15, 0.2) is 0 Å². The molecule has 0 heterocycles. The minimum atomic E-state index is -0.387. The van der Waals surface area contributed by atoms with Gasteiger partial charge in [-0.05, 0) is 12.8 Å². The van der Waals surface area contributed by atoms with E-state index >= 15 is 0 Å². The van der Waals surface area contributed by atoms with Crippen molar-refractivity contribution in [3.05, 3.63) is 12.2 Å². The highest BCUT2D eigenvalue weighted by molar-refractivity contribution is 5.67.